The normalized spacial score (nSPS) is 24.0. The molecule has 1 N–H and O–H groups in total. The summed E-state index contributed by atoms with van der Waals surface area (Å²) >= 11 is 9.24. The molecule has 2 aliphatic heterocycles. The number of carbonyl (C=O) groups is 3. The zero-order valence-electron chi connectivity index (χ0n) is 24.4. The Morgan fingerprint density at radius 3 is 2.42 bits per heavy atom. The molecular weight excluding hydrogens is 700 g/mol. The van der Waals surface area contributed by atoms with Crippen molar-refractivity contribution >= 4 is 55.3 Å². The molecule has 3 heterocycles. The molecule has 45 heavy (non-hydrogen) atoms. The molecule has 3 amide bonds. The Morgan fingerprint density at radius 1 is 1.20 bits per heavy atom. The fraction of sp³-hybridized carbons (Fsp3) is 0.483. The molecule has 1 saturated carbocycles. The molecule has 1 aromatic carbocycles. The number of nitriles is 1. The Bertz CT molecular complexity index is 1750. The summed E-state index contributed by atoms with van der Waals surface area (Å²) in [6.07, 6.45) is 0.537. The number of aromatic nitrogens is 1. The molecule has 3 fully saturated rings. The topological polar surface area (TPSA) is 150 Å². The van der Waals surface area contributed by atoms with Crippen molar-refractivity contribution in [2.24, 2.45) is 0 Å². The summed E-state index contributed by atoms with van der Waals surface area (Å²) in [5.41, 5.74) is -4.62. The largest absolute Gasteiger partial charge is 0.444 e. The van der Waals surface area contributed by atoms with Crippen LogP contribution in [0.5, 0.6) is 0 Å². The van der Waals surface area contributed by atoms with Gasteiger partial charge in [-0.25, -0.2) is 22.0 Å². The lowest BCUT2D eigenvalue weighted by molar-refractivity contribution is -0.158. The van der Waals surface area contributed by atoms with Crippen LogP contribution in [0.25, 0.3) is 0 Å². The van der Waals surface area contributed by atoms with Crippen molar-refractivity contribution in [1.82, 2.24) is 20.1 Å². The van der Waals surface area contributed by atoms with Gasteiger partial charge < -0.3 is 15.0 Å². The van der Waals surface area contributed by atoms with Gasteiger partial charge in [0.15, 0.2) is 15.4 Å². The summed E-state index contributed by atoms with van der Waals surface area (Å²) < 4.78 is 62.7. The van der Waals surface area contributed by atoms with E-state index < -0.39 is 90.9 Å². The number of nitrogens with zero attached hydrogens (tertiary/aromatic N) is 4. The smallest absolute Gasteiger partial charge is 0.411 e. The predicted octanol–water partition coefficient (Wildman–Crippen LogP) is 4.23. The van der Waals surface area contributed by atoms with E-state index in [0.29, 0.717) is 12.8 Å². The first-order chi connectivity index (χ1) is 20.9. The molecule has 3 aliphatic rings. The van der Waals surface area contributed by atoms with Crippen molar-refractivity contribution in [1.29, 1.82) is 5.26 Å². The molecule has 11 nitrogen and oxygen atoms in total. The van der Waals surface area contributed by atoms with Gasteiger partial charge in [-0.3, -0.25) is 19.5 Å². The van der Waals surface area contributed by atoms with Gasteiger partial charge in [0.2, 0.25) is 5.91 Å². The average Bonchev–Trinajstić information content (AvgIpc) is 3.52. The van der Waals surface area contributed by atoms with E-state index in [1.807, 2.05) is 6.07 Å². The van der Waals surface area contributed by atoms with Gasteiger partial charge in [0.25, 0.3) is 5.91 Å². The lowest BCUT2D eigenvalue weighted by Gasteiger charge is -2.52. The van der Waals surface area contributed by atoms with Gasteiger partial charge in [0.1, 0.15) is 34.5 Å². The van der Waals surface area contributed by atoms with E-state index in [1.54, 1.807) is 20.8 Å². The summed E-state index contributed by atoms with van der Waals surface area (Å²) in [5.74, 6) is -3.41. The van der Waals surface area contributed by atoms with Crippen LogP contribution >= 0.6 is 27.5 Å². The number of benzene rings is 1. The SMILES string of the molecule is CC(C)(C)OC(=O)N1CCC1(C(=O)N1CC(S(=O)(=O)c2ccc(F)cc2Cl)CC1C(=O)NC1(C#N)CC1)c1ncc(Br)cc1F. The number of likely N-dealkylation sites (tertiary alicyclic amines) is 2. The highest BCUT2D eigenvalue weighted by molar-refractivity contribution is 9.10. The average molecular weight is 729 g/mol. The van der Waals surface area contributed by atoms with Gasteiger partial charge in [0, 0.05) is 30.2 Å². The second kappa shape index (κ2) is 11.5. The lowest BCUT2D eigenvalue weighted by Crippen LogP contribution is -2.69. The van der Waals surface area contributed by atoms with E-state index in [2.05, 4.69) is 26.2 Å². The second-order valence-corrected chi connectivity index (χ2v) is 15.9. The molecule has 3 unspecified atom stereocenters. The highest BCUT2D eigenvalue weighted by Crippen LogP contribution is 2.46. The lowest BCUT2D eigenvalue weighted by atomic mass is 9.79. The first kappa shape index (κ1) is 33.0. The third kappa shape index (κ3) is 5.99. The molecule has 16 heteroatoms. The van der Waals surface area contributed by atoms with Crippen LogP contribution < -0.4 is 5.32 Å². The maximum atomic E-state index is 15.6. The van der Waals surface area contributed by atoms with Gasteiger partial charge >= 0.3 is 6.09 Å². The van der Waals surface area contributed by atoms with Crippen LogP contribution in [0.1, 0.15) is 52.1 Å². The Kier molecular flexibility index (Phi) is 8.42. The molecule has 3 atom stereocenters. The van der Waals surface area contributed by atoms with Crippen LogP contribution in [0.3, 0.4) is 0 Å². The molecule has 240 valence electrons. The number of rotatable bonds is 6. The minimum absolute atomic E-state index is 0.0208. The third-order valence-electron chi connectivity index (χ3n) is 8.12. The zero-order chi connectivity index (χ0) is 33.1. The summed E-state index contributed by atoms with van der Waals surface area (Å²) in [7, 11) is -4.36. The summed E-state index contributed by atoms with van der Waals surface area (Å²) in [6, 6.07) is 4.43. The molecule has 0 bridgehead atoms. The van der Waals surface area contributed by atoms with Crippen molar-refractivity contribution in [3.63, 3.8) is 0 Å². The van der Waals surface area contributed by atoms with E-state index in [-0.39, 0.29) is 22.5 Å². The van der Waals surface area contributed by atoms with Crippen LogP contribution in [0.15, 0.2) is 39.8 Å². The maximum absolute atomic E-state index is 15.6. The maximum Gasteiger partial charge on any atom is 0.411 e. The van der Waals surface area contributed by atoms with Crippen molar-refractivity contribution in [2.45, 2.75) is 79.3 Å². The van der Waals surface area contributed by atoms with Crippen LogP contribution in [-0.2, 0) is 29.7 Å². The first-order valence-corrected chi connectivity index (χ1v) is 16.7. The first-order valence-electron chi connectivity index (χ1n) is 14.0. The van der Waals surface area contributed by atoms with Gasteiger partial charge in [-0.2, -0.15) is 5.26 Å². The number of ether oxygens (including phenoxy) is 1. The number of pyridine rings is 1. The molecule has 2 aromatic rings. The fourth-order valence-electron chi connectivity index (χ4n) is 5.63. The van der Waals surface area contributed by atoms with Crippen LogP contribution in [0, 0.1) is 23.0 Å². The minimum Gasteiger partial charge on any atom is -0.444 e. The van der Waals surface area contributed by atoms with Crippen molar-refractivity contribution in [2.75, 3.05) is 13.1 Å². The summed E-state index contributed by atoms with van der Waals surface area (Å²) in [6.45, 7) is 4.28. The zero-order valence-corrected chi connectivity index (χ0v) is 27.6. The fourth-order valence-corrected chi connectivity index (χ4v) is 8.16. The van der Waals surface area contributed by atoms with Crippen molar-refractivity contribution in [3.8, 4) is 6.07 Å². The quantitative estimate of drug-likeness (QED) is 0.435. The molecule has 1 aromatic heterocycles. The molecule has 0 radical (unpaired) electrons. The van der Waals surface area contributed by atoms with Gasteiger partial charge in [0.05, 0.1) is 21.2 Å². The van der Waals surface area contributed by atoms with E-state index >= 15 is 4.39 Å². The summed E-state index contributed by atoms with van der Waals surface area (Å²) in [5, 5.41) is 10.4. The van der Waals surface area contributed by atoms with E-state index in [9.17, 15) is 32.5 Å². The Morgan fingerprint density at radius 2 is 1.89 bits per heavy atom. The number of hydrogen-bond donors (Lipinski definition) is 1. The number of nitrogens with one attached hydrogen (secondary N) is 1. The minimum atomic E-state index is -4.36. The molecular formula is C29H29BrClF2N5O6S. The number of halogens is 4. The highest BCUT2D eigenvalue weighted by atomic mass is 79.9. The van der Waals surface area contributed by atoms with Crippen molar-refractivity contribution in [3.05, 3.63) is 57.3 Å². The molecule has 0 spiro atoms. The van der Waals surface area contributed by atoms with Crippen molar-refractivity contribution < 1.29 is 36.3 Å². The monoisotopic (exact) mass is 727 g/mol. The number of amides is 3. The van der Waals surface area contributed by atoms with Crippen LogP contribution in [0.4, 0.5) is 13.6 Å². The number of carbonyl (C=O) groups excluding carboxylic acids is 3. The van der Waals surface area contributed by atoms with Gasteiger partial charge in [-0.05, 0) is 80.2 Å². The van der Waals surface area contributed by atoms with Crippen LogP contribution in [0.2, 0.25) is 5.02 Å². The molecule has 5 rings (SSSR count). The standard InChI is InChI=1S/C29H29BrClF2N5O6S/c1-27(2,3)44-26(41)38-9-8-29(38,23-20(33)10-16(30)13-35-23)25(40)37-14-18(12-21(37)24(39)36-28(15-34)6-7-28)45(42,43)22-5-4-17(32)11-19(22)31/h4-5,10-11,13,18,21H,6-9,12,14H2,1-3H3,(H,36,39). The Labute approximate surface area is 271 Å². The molecule has 2 saturated heterocycles. The van der Waals surface area contributed by atoms with Crippen LogP contribution in [-0.4, -0.2) is 76.6 Å². The summed E-state index contributed by atoms with van der Waals surface area (Å²) in [4.78, 5) is 47.5. The third-order valence-corrected chi connectivity index (χ3v) is 11.2. The Hall–Kier alpha value is -3.35. The number of sulfone groups is 1. The molecule has 1 aliphatic carbocycles. The second-order valence-electron chi connectivity index (χ2n) is 12.4. The van der Waals surface area contributed by atoms with Gasteiger partial charge in [-0.15, -0.1) is 0 Å². The van der Waals surface area contributed by atoms with E-state index in [0.717, 1.165) is 34.1 Å². The van der Waals surface area contributed by atoms with E-state index in [1.165, 1.54) is 6.20 Å². The van der Waals surface area contributed by atoms with Gasteiger partial charge in [-0.1, -0.05) is 11.6 Å². The Balaban J connectivity index is 1.59. The van der Waals surface area contributed by atoms with E-state index in [4.69, 9.17) is 16.3 Å². The number of hydrogen-bond acceptors (Lipinski definition) is 8. The highest BCUT2D eigenvalue weighted by Gasteiger charge is 2.62. The predicted molar refractivity (Wildman–Crippen MR) is 159 cm³/mol.